The lowest BCUT2D eigenvalue weighted by molar-refractivity contribution is -0.0501. The molecule has 1 rings (SSSR count). The molecule has 0 aliphatic heterocycles. The first-order valence-corrected chi connectivity index (χ1v) is 3.76. The molecule has 3 nitrogen and oxygen atoms in total. The van der Waals surface area contributed by atoms with Crippen LogP contribution < -0.4 is 9.47 Å². The lowest BCUT2D eigenvalue weighted by Crippen LogP contribution is -2.05. The average Bonchev–Trinajstić information content (AvgIpc) is 2.16. The summed E-state index contributed by atoms with van der Waals surface area (Å²) in [5, 5.41) is 0. The first-order valence-electron chi connectivity index (χ1n) is 3.76. The Bertz CT molecular complexity index is 326. The maximum absolute atomic E-state index is 11.9. The van der Waals surface area contributed by atoms with Gasteiger partial charge in [0.1, 0.15) is 11.5 Å². The van der Waals surface area contributed by atoms with E-state index in [-0.39, 0.29) is 17.1 Å². The summed E-state index contributed by atoms with van der Waals surface area (Å²) in [5.74, 6) is 0.0208. The van der Waals surface area contributed by atoms with Gasteiger partial charge < -0.3 is 9.47 Å². The van der Waals surface area contributed by atoms with Crippen LogP contribution in [0.25, 0.3) is 0 Å². The lowest BCUT2D eigenvalue weighted by atomic mass is 10.2. The predicted molar refractivity (Wildman–Crippen MR) is 45.0 cm³/mol. The second-order valence-corrected chi connectivity index (χ2v) is 2.37. The number of carbonyl (C=O) groups is 1. The van der Waals surface area contributed by atoms with E-state index in [0.29, 0.717) is 6.29 Å². The fourth-order valence-corrected chi connectivity index (χ4v) is 1.02. The number of hydrogen-bond acceptors (Lipinski definition) is 3. The highest BCUT2D eigenvalue weighted by Crippen LogP contribution is 2.27. The largest absolute Gasteiger partial charge is 0.496 e. The number of alkyl halides is 2. The highest BCUT2D eigenvalue weighted by molar-refractivity contribution is 5.83. The maximum Gasteiger partial charge on any atom is 0.387 e. The summed E-state index contributed by atoms with van der Waals surface area (Å²) in [6.07, 6.45) is 0.413. The fraction of sp³-hybridized carbons (Fsp3) is 0.222. The molecule has 5 heteroatoms. The van der Waals surface area contributed by atoms with Gasteiger partial charge in [-0.2, -0.15) is 8.78 Å². The minimum Gasteiger partial charge on any atom is -0.496 e. The Kier molecular flexibility index (Phi) is 3.39. The smallest absolute Gasteiger partial charge is 0.387 e. The van der Waals surface area contributed by atoms with Gasteiger partial charge >= 0.3 is 6.61 Å². The molecule has 14 heavy (non-hydrogen) atoms. The number of benzene rings is 1. The Morgan fingerprint density at radius 3 is 2.50 bits per heavy atom. The number of aldehydes is 1. The van der Waals surface area contributed by atoms with Gasteiger partial charge in [0.2, 0.25) is 0 Å². The molecule has 0 saturated carbocycles. The quantitative estimate of drug-likeness (QED) is 0.701. The van der Waals surface area contributed by atoms with Crippen LogP contribution in [0.4, 0.5) is 8.78 Å². The first-order chi connectivity index (χ1) is 6.69. The second-order valence-electron chi connectivity index (χ2n) is 2.37. The van der Waals surface area contributed by atoms with Crippen molar-refractivity contribution >= 4 is 6.29 Å². The molecule has 0 aromatic heterocycles. The minimum absolute atomic E-state index is 0.0182. The molecule has 0 radical (unpaired) electrons. The van der Waals surface area contributed by atoms with Crippen LogP contribution in [0.3, 0.4) is 0 Å². The number of halogens is 2. The van der Waals surface area contributed by atoms with Gasteiger partial charge in [0, 0.05) is 0 Å². The summed E-state index contributed by atoms with van der Waals surface area (Å²) in [6.45, 7) is -2.96. The molecule has 1 aromatic rings. The summed E-state index contributed by atoms with van der Waals surface area (Å²) in [7, 11) is 1.34. The third kappa shape index (κ3) is 2.18. The highest BCUT2D eigenvalue weighted by Gasteiger charge is 2.12. The zero-order valence-corrected chi connectivity index (χ0v) is 7.37. The molecule has 0 heterocycles. The van der Waals surface area contributed by atoms with Crippen molar-refractivity contribution in [3.63, 3.8) is 0 Å². The predicted octanol–water partition coefficient (Wildman–Crippen LogP) is 2.11. The van der Waals surface area contributed by atoms with E-state index in [1.54, 1.807) is 0 Å². The molecular formula is C9H8F2O3. The summed E-state index contributed by atoms with van der Waals surface area (Å²) in [4.78, 5) is 10.6. The van der Waals surface area contributed by atoms with Gasteiger partial charge in [-0.3, -0.25) is 4.79 Å². The lowest BCUT2D eigenvalue weighted by Gasteiger charge is -2.09. The molecule has 0 bridgehead atoms. The Labute approximate surface area is 79.2 Å². The topological polar surface area (TPSA) is 35.5 Å². The molecule has 76 valence electrons. The van der Waals surface area contributed by atoms with Gasteiger partial charge in [-0.25, -0.2) is 0 Å². The van der Waals surface area contributed by atoms with Crippen LogP contribution in [0.2, 0.25) is 0 Å². The normalized spacial score (nSPS) is 10.0. The average molecular weight is 202 g/mol. The van der Waals surface area contributed by atoms with Crippen molar-refractivity contribution in [3.8, 4) is 11.5 Å². The molecule has 1 aromatic carbocycles. The van der Waals surface area contributed by atoms with Crippen LogP contribution in [-0.2, 0) is 0 Å². The van der Waals surface area contributed by atoms with Crippen LogP contribution >= 0.6 is 0 Å². The molecule has 0 fully saturated rings. The van der Waals surface area contributed by atoms with E-state index in [2.05, 4.69) is 4.74 Å². The second kappa shape index (κ2) is 4.55. The van der Waals surface area contributed by atoms with Gasteiger partial charge in [0.25, 0.3) is 0 Å². The van der Waals surface area contributed by atoms with Gasteiger partial charge in [-0.1, -0.05) is 6.07 Å². The zero-order chi connectivity index (χ0) is 10.6. The van der Waals surface area contributed by atoms with E-state index in [1.807, 2.05) is 0 Å². The molecule has 0 saturated heterocycles. The third-order valence-electron chi connectivity index (χ3n) is 1.58. The Morgan fingerprint density at radius 2 is 2.00 bits per heavy atom. The third-order valence-corrected chi connectivity index (χ3v) is 1.58. The number of hydrogen-bond donors (Lipinski definition) is 0. The Morgan fingerprint density at radius 1 is 1.36 bits per heavy atom. The minimum atomic E-state index is -2.96. The van der Waals surface area contributed by atoms with Crippen molar-refractivity contribution in [2.45, 2.75) is 6.61 Å². The molecule has 0 aliphatic carbocycles. The highest BCUT2D eigenvalue weighted by atomic mass is 19.3. The van der Waals surface area contributed by atoms with Crippen molar-refractivity contribution < 1.29 is 23.0 Å². The number of carbonyl (C=O) groups excluding carboxylic acids is 1. The van der Waals surface area contributed by atoms with Gasteiger partial charge in [-0.05, 0) is 12.1 Å². The maximum atomic E-state index is 11.9. The van der Waals surface area contributed by atoms with E-state index >= 15 is 0 Å². The van der Waals surface area contributed by atoms with Gasteiger partial charge in [0.05, 0.1) is 12.7 Å². The molecule has 0 aliphatic rings. The summed E-state index contributed by atoms with van der Waals surface area (Å²) < 4.78 is 32.7. The van der Waals surface area contributed by atoms with Crippen LogP contribution in [0.1, 0.15) is 10.4 Å². The number of methoxy groups -OCH3 is 1. The van der Waals surface area contributed by atoms with Crippen LogP contribution in [0.15, 0.2) is 18.2 Å². The summed E-state index contributed by atoms with van der Waals surface area (Å²) in [6, 6.07) is 4.23. The number of rotatable bonds is 4. The van der Waals surface area contributed by atoms with Gasteiger partial charge in [-0.15, -0.1) is 0 Å². The first kappa shape index (κ1) is 10.4. The van der Waals surface area contributed by atoms with Crippen LogP contribution in [0.5, 0.6) is 11.5 Å². The van der Waals surface area contributed by atoms with Crippen molar-refractivity contribution in [2.24, 2.45) is 0 Å². The van der Waals surface area contributed by atoms with Crippen LogP contribution in [0, 0.1) is 0 Å². The van der Waals surface area contributed by atoms with Crippen molar-refractivity contribution in [1.29, 1.82) is 0 Å². The molecule has 0 atom stereocenters. The Balaban J connectivity index is 3.08. The van der Waals surface area contributed by atoms with Crippen molar-refractivity contribution in [3.05, 3.63) is 23.8 Å². The Hall–Kier alpha value is -1.65. The molecule has 0 N–H and O–H groups in total. The SMILES string of the molecule is COc1cccc(OC(F)F)c1C=O. The molecule has 0 spiro atoms. The van der Waals surface area contributed by atoms with Crippen molar-refractivity contribution in [1.82, 2.24) is 0 Å². The zero-order valence-electron chi connectivity index (χ0n) is 7.37. The standard InChI is InChI=1S/C9H8F2O3/c1-13-7-3-2-4-8(6(7)5-12)14-9(10)11/h2-5,9H,1H3. The monoisotopic (exact) mass is 202 g/mol. The van der Waals surface area contributed by atoms with E-state index in [1.165, 1.54) is 25.3 Å². The fourth-order valence-electron chi connectivity index (χ4n) is 1.02. The van der Waals surface area contributed by atoms with E-state index in [0.717, 1.165) is 0 Å². The molecule has 0 unspecified atom stereocenters. The van der Waals surface area contributed by atoms with E-state index in [9.17, 15) is 13.6 Å². The molecule has 0 amide bonds. The summed E-state index contributed by atoms with van der Waals surface area (Å²) >= 11 is 0. The van der Waals surface area contributed by atoms with Gasteiger partial charge in [0.15, 0.2) is 6.29 Å². The molecular weight excluding hydrogens is 194 g/mol. The van der Waals surface area contributed by atoms with Crippen molar-refractivity contribution in [2.75, 3.05) is 7.11 Å². The van der Waals surface area contributed by atoms with E-state index < -0.39 is 6.61 Å². The summed E-state index contributed by atoms with van der Waals surface area (Å²) in [5.41, 5.74) is -0.0182. The number of ether oxygens (including phenoxy) is 2. The van der Waals surface area contributed by atoms with E-state index in [4.69, 9.17) is 4.74 Å². The van der Waals surface area contributed by atoms with Crippen LogP contribution in [-0.4, -0.2) is 20.0 Å².